The van der Waals surface area contributed by atoms with Crippen molar-refractivity contribution in [2.45, 2.75) is 37.3 Å². The Kier molecular flexibility index (Phi) is 6.00. The fourth-order valence-electron chi connectivity index (χ4n) is 5.83. The molecular formula is C26H28N2O6. The Bertz CT molecular complexity index is 1070. The third kappa shape index (κ3) is 4.14. The molecule has 0 aromatic heterocycles. The quantitative estimate of drug-likeness (QED) is 0.499. The lowest BCUT2D eigenvalue weighted by molar-refractivity contribution is -0.146. The van der Waals surface area contributed by atoms with Crippen LogP contribution in [-0.2, 0) is 14.3 Å². The van der Waals surface area contributed by atoms with Crippen LogP contribution in [0.5, 0.6) is 0 Å². The molecule has 0 aliphatic heterocycles. The van der Waals surface area contributed by atoms with Gasteiger partial charge in [0, 0.05) is 17.9 Å². The lowest BCUT2D eigenvalue weighted by Gasteiger charge is -2.40. The Hall–Kier alpha value is -3.39. The molecule has 2 aromatic rings. The summed E-state index contributed by atoms with van der Waals surface area (Å²) in [6, 6.07) is 16.4. The third-order valence-corrected chi connectivity index (χ3v) is 7.60. The maximum Gasteiger partial charge on any atom is 0.407 e. The van der Waals surface area contributed by atoms with E-state index in [4.69, 9.17) is 9.84 Å². The summed E-state index contributed by atoms with van der Waals surface area (Å²) >= 11 is 0. The van der Waals surface area contributed by atoms with Crippen LogP contribution in [0, 0.1) is 17.8 Å². The van der Waals surface area contributed by atoms with Gasteiger partial charge < -0.3 is 25.6 Å². The van der Waals surface area contributed by atoms with Crippen molar-refractivity contribution in [1.82, 2.24) is 10.6 Å². The van der Waals surface area contributed by atoms with Gasteiger partial charge in [-0.25, -0.2) is 9.59 Å². The summed E-state index contributed by atoms with van der Waals surface area (Å²) in [6.07, 6.45) is 0.0975. The van der Waals surface area contributed by atoms with Crippen molar-refractivity contribution in [1.29, 1.82) is 0 Å². The minimum Gasteiger partial charge on any atom is -0.479 e. The first-order chi connectivity index (χ1) is 16.4. The summed E-state index contributed by atoms with van der Waals surface area (Å²) < 4.78 is 5.64. The van der Waals surface area contributed by atoms with Crippen molar-refractivity contribution in [3.63, 3.8) is 0 Å². The van der Waals surface area contributed by atoms with E-state index in [2.05, 4.69) is 34.9 Å². The van der Waals surface area contributed by atoms with Crippen LogP contribution >= 0.6 is 0 Å². The van der Waals surface area contributed by atoms with Crippen LogP contribution in [0.25, 0.3) is 11.1 Å². The number of hydrogen-bond donors (Lipinski definition) is 4. The SMILES string of the molecule is O=C(NC1CC2CC(C(=O)NCC(O)C(=O)O)CC21)OCC1c2ccccc2-c2ccccc21. The van der Waals surface area contributed by atoms with E-state index in [1.807, 2.05) is 24.3 Å². The zero-order valence-corrected chi connectivity index (χ0v) is 18.6. The highest BCUT2D eigenvalue weighted by atomic mass is 16.5. The van der Waals surface area contributed by atoms with Crippen molar-refractivity contribution < 1.29 is 29.3 Å². The van der Waals surface area contributed by atoms with E-state index in [-0.39, 0.29) is 42.9 Å². The molecule has 2 fully saturated rings. The van der Waals surface area contributed by atoms with Gasteiger partial charge in [0.25, 0.3) is 0 Å². The Morgan fingerprint density at radius 3 is 2.26 bits per heavy atom. The Morgan fingerprint density at radius 2 is 1.62 bits per heavy atom. The first-order valence-electron chi connectivity index (χ1n) is 11.7. The predicted molar refractivity (Wildman–Crippen MR) is 123 cm³/mol. The van der Waals surface area contributed by atoms with Crippen LogP contribution in [0.3, 0.4) is 0 Å². The number of carboxylic acids is 1. The summed E-state index contributed by atoms with van der Waals surface area (Å²) in [6.45, 7) is -0.0426. The van der Waals surface area contributed by atoms with Gasteiger partial charge in [0.1, 0.15) is 6.61 Å². The summed E-state index contributed by atoms with van der Waals surface area (Å²) in [7, 11) is 0. The number of amides is 2. The number of aliphatic hydroxyl groups is 1. The van der Waals surface area contributed by atoms with Gasteiger partial charge in [-0.1, -0.05) is 48.5 Å². The summed E-state index contributed by atoms with van der Waals surface area (Å²) in [4.78, 5) is 35.6. The number of alkyl carbamates (subject to hydrolysis) is 1. The van der Waals surface area contributed by atoms with Crippen molar-refractivity contribution in [2.24, 2.45) is 17.8 Å². The zero-order chi connectivity index (χ0) is 23.8. The van der Waals surface area contributed by atoms with Crippen molar-refractivity contribution in [3.05, 3.63) is 59.7 Å². The van der Waals surface area contributed by atoms with Crippen LogP contribution < -0.4 is 10.6 Å². The van der Waals surface area contributed by atoms with Gasteiger partial charge in [-0.2, -0.15) is 0 Å². The molecule has 2 amide bonds. The van der Waals surface area contributed by atoms with Crippen LogP contribution in [0.2, 0.25) is 0 Å². The molecule has 8 heteroatoms. The van der Waals surface area contributed by atoms with Gasteiger partial charge in [0.05, 0.1) is 6.54 Å². The van der Waals surface area contributed by atoms with Crippen LogP contribution in [0.4, 0.5) is 4.79 Å². The number of carbonyl (C=O) groups is 3. The lowest BCUT2D eigenvalue weighted by atomic mass is 9.71. The molecular weight excluding hydrogens is 436 g/mol. The summed E-state index contributed by atoms with van der Waals surface area (Å²) in [5.41, 5.74) is 4.69. The first kappa shape index (κ1) is 22.4. The number of benzene rings is 2. The Morgan fingerprint density at radius 1 is 0.971 bits per heavy atom. The molecule has 0 saturated heterocycles. The van der Waals surface area contributed by atoms with Crippen LogP contribution in [0.1, 0.15) is 36.3 Å². The van der Waals surface area contributed by atoms with Gasteiger partial charge in [-0.05, 0) is 53.4 Å². The molecule has 5 atom stereocenters. The first-order valence-corrected chi connectivity index (χ1v) is 11.7. The number of ether oxygens (including phenoxy) is 1. The number of aliphatic carboxylic acids is 1. The summed E-state index contributed by atoms with van der Waals surface area (Å²) in [5.74, 6) is -1.26. The van der Waals surface area contributed by atoms with Gasteiger partial charge in [-0.3, -0.25) is 4.79 Å². The second-order valence-electron chi connectivity index (χ2n) is 9.50. The Labute approximate surface area is 197 Å². The topological polar surface area (TPSA) is 125 Å². The van der Waals surface area contributed by atoms with Crippen LogP contribution in [0.15, 0.2) is 48.5 Å². The monoisotopic (exact) mass is 464 g/mol. The average Bonchev–Trinajstić information content (AvgIpc) is 3.34. The number of aliphatic hydroxyl groups excluding tert-OH is 1. The summed E-state index contributed by atoms with van der Waals surface area (Å²) in [5, 5.41) is 23.6. The molecule has 34 heavy (non-hydrogen) atoms. The minimum atomic E-state index is -1.61. The number of hydrogen-bond acceptors (Lipinski definition) is 5. The van der Waals surface area contributed by atoms with Crippen molar-refractivity contribution >= 4 is 18.0 Å². The van der Waals surface area contributed by atoms with E-state index in [0.717, 1.165) is 17.5 Å². The molecule has 0 radical (unpaired) electrons. The molecule has 3 aliphatic rings. The maximum absolute atomic E-state index is 12.6. The molecule has 3 aliphatic carbocycles. The fourth-order valence-corrected chi connectivity index (χ4v) is 5.83. The highest BCUT2D eigenvalue weighted by Gasteiger charge is 2.50. The Balaban J connectivity index is 1.12. The largest absolute Gasteiger partial charge is 0.479 e. The smallest absolute Gasteiger partial charge is 0.407 e. The van der Waals surface area contributed by atoms with E-state index in [1.165, 1.54) is 11.1 Å². The van der Waals surface area contributed by atoms with E-state index in [0.29, 0.717) is 18.8 Å². The second-order valence-corrected chi connectivity index (χ2v) is 9.50. The van der Waals surface area contributed by atoms with E-state index in [1.54, 1.807) is 0 Å². The van der Waals surface area contributed by atoms with Crippen molar-refractivity contribution in [3.8, 4) is 11.1 Å². The number of carboxylic acid groups (broad SMARTS) is 1. The molecule has 178 valence electrons. The van der Waals surface area contributed by atoms with Gasteiger partial charge >= 0.3 is 12.1 Å². The highest BCUT2D eigenvalue weighted by molar-refractivity contribution is 5.81. The predicted octanol–water partition coefficient (Wildman–Crippen LogP) is 2.50. The van der Waals surface area contributed by atoms with Crippen LogP contribution in [-0.4, -0.2) is 53.5 Å². The van der Waals surface area contributed by atoms with E-state index in [9.17, 15) is 19.5 Å². The fraction of sp³-hybridized carbons (Fsp3) is 0.423. The normalized spacial score (nSPS) is 25.3. The molecule has 4 N–H and O–H groups in total. The van der Waals surface area contributed by atoms with Gasteiger partial charge in [0.15, 0.2) is 6.10 Å². The highest BCUT2D eigenvalue weighted by Crippen LogP contribution is 2.50. The number of rotatable bonds is 7. The molecule has 8 nitrogen and oxygen atoms in total. The zero-order valence-electron chi connectivity index (χ0n) is 18.6. The number of fused-ring (bicyclic) bond motifs is 4. The standard InChI is InChI=1S/C26H28N2O6/c29-23(25(31)32)12-27-24(30)15-9-14-11-22(20(14)10-15)28-26(33)34-13-21-18-7-3-1-5-16(18)17-6-2-4-8-19(17)21/h1-8,14-15,20-23,29H,9-13H2,(H,27,30)(H,28,33)(H,31,32). The van der Waals surface area contributed by atoms with Gasteiger partial charge in [0.2, 0.25) is 5.91 Å². The maximum atomic E-state index is 12.6. The molecule has 2 aromatic carbocycles. The second kappa shape index (κ2) is 9.10. The van der Waals surface area contributed by atoms with Crippen molar-refractivity contribution in [2.75, 3.05) is 13.2 Å². The molecule has 5 rings (SSSR count). The lowest BCUT2D eigenvalue weighted by Crippen LogP contribution is -2.50. The molecule has 5 unspecified atom stereocenters. The molecule has 2 saturated carbocycles. The molecule has 0 spiro atoms. The molecule has 0 bridgehead atoms. The van der Waals surface area contributed by atoms with E-state index >= 15 is 0 Å². The minimum absolute atomic E-state index is 0.00741. The third-order valence-electron chi connectivity index (χ3n) is 7.60. The average molecular weight is 465 g/mol. The molecule has 0 heterocycles. The number of carbonyl (C=O) groups excluding carboxylic acids is 2. The van der Waals surface area contributed by atoms with Gasteiger partial charge in [-0.15, -0.1) is 0 Å². The van der Waals surface area contributed by atoms with E-state index < -0.39 is 18.2 Å². The number of nitrogens with one attached hydrogen (secondary N) is 2.